The molecule has 0 spiro atoms. The highest BCUT2D eigenvalue weighted by Gasteiger charge is 2.33. The lowest BCUT2D eigenvalue weighted by Crippen LogP contribution is -2.34. The lowest BCUT2D eigenvalue weighted by atomic mass is 10.1. The summed E-state index contributed by atoms with van der Waals surface area (Å²) >= 11 is 0. The van der Waals surface area contributed by atoms with Gasteiger partial charge in [0.25, 0.3) is 5.91 Å². The lowest BCUT2D eigenvalue weighted by Gasteiger charge is -2.18. The van der Waals surface area contributed by atoms with E-state index >= 15 is 0 Å². The summed E-state index contributed by atoms with van der Waals surface area (Å²) in [6.45, 7) is 6.37. The number of nitrogens with zero attached hydrogens (tertiary/aromatic N) is 1. The van der Waals surface area contributed by atoms with Crippen LogP contribution in [0.4, 0.5) is 29.3 Å². The zero-order valence-electron chi connectivity index (χ0n) is 17.9. The van der Waals surface area contributed by atoms with Gasteiger partial charge in [-0.3, -0.25) is 4.79 Å². The van der Waals surface area contributed by atoms with E-state index in [1.54, 1.807) is 24.3 Å². The van der Waals surface area contributed by atoms with Crippen LogP contribution < -0.4 is 16.0 Å². The Bertz CT molecular complexity index is 914. The number of carbonyl (C=O) groups is 2. The number of benzene rings is 2. The molecule has 0 aliphatic heterocycles. The zero-order chi connectivity index (χ0) is 23.7. The third-order valence-corrected chi connectivity index (χ3v) is 4.85. The van der Waals surface area contributed by atoms with Crippen molar-refractivity contribution in [2.75, 3.05) is 36.8 Å². The molecule has 0 radical (unpaired) electrons. The Morgan fingerprint density at radius 2 is 1.56 bits per heavy atom. The number of urea groups is 1. The zero-order valence-corrected chi connectivity index (χ0v) is 17.9. The molecule has 2 aromatic rings. The van der Waals surface area contributed by atoms with Crippen molar-refractivity contribution in [3.8, 4) is 0 Å². The molecule has 0 saturated carbocycles. The number of carbonyl (C=O) groups excluding carboxylic acids is 2. The standard InChI is InChI=1S/C22H27F3N4O3/c1-3-29(4-2)12-11-26-20(31)15-5-7-17(8-6-15)27-21(32)28-18-9-10-19(22(23,24)25)16(13-18)14-30/h5-10,13,30H,3-4,11-12,14H2,1-2H3,(H,26,31)(H2,27,28,32). The summed E-state index contributed by atoms with van der Waals surface area (Å²) in [5, 5.41) is 17.0. The minimum Gasteiger partial charge on any atom is -0.392 e. The first-order valence-corrected chi connectivity index (χ1v) is 10.2. The SMILES string of the molecule is CCN(CC)CCNC(=O)c1ccc(NC(=O)Nc2ccc(C(F)(F)F)c(CO)c2)cc1. The van der Waals surface area contributed by atoms with Crippen molar-refractivity contribution in [3.63, 3.8) is 0 Å². The predicted molar refractivity (Wildman–Crippen MR) is 117 cm³/mol. The molecule has 0 aliphatic rings. The maximum Gasteiger partial charge on any atom is 0.416 e. The van der Waals surface area contributed by atoms with E-state index in [2.05, 4.69) is 34.7 Å². The van der Waals surface area contributed by atoms with Crippen molar-refractivity contribution in [2.24, 2.45) is 0 Å². The van der Waals surface area contributed by atoms with Crippen LogP contribution in [0.5, 0.6) is 0 Å². The first kappa shape index (κ1) is 25.2. The van der Waals surface area contributed by atoms with Crippen molar-refractivity contribution in [2.45, 2.75) is 26.6 Å². The number of alkyl halides is 3. The first-order valence-electron chi connectivity index (χ1n) is 10.2. The molecule has 0 unspecified atom stereocenters. The molecular weight excluding hydrogens is 425 g/mol. The fourth-order valence-corrected chi connectivity index (χ4v) is 3.05. The van der Waals surface area contributed by atoms with Crippen molar-refractivity contribution in [1.82, 2.24) is 10.2 Å². The minimum atomic E-state index is -4.60. The Labute approximate surface area is 184 Å². The van der Waals surface area contributed by atoms with Gasteiger partial charge in [0, 0.05) is 30.0 Å². The van der Waals surface area contributed by atoms with E-state index in [4.69, 9.17) is 0 Å². The Morgan fingerprint density at radius 1 is 0.969 bits per heavy atom. The van der Waals surface area contributed by atoms with Gasteiger partial charge in [-0.15, -0.1) is 0 Å². The van der Waals surface area contributed by atoms with Crippen LogP contribution in [0.3, 0.4) is 0 Å². The number of rotatable bonds is 9. The highest BCUT2D eigenvalue weighted by Crippen LogP contribution is 2.33. The highest BCUT2D eigenvalue weighted by atomic mass is 19.4. The van der Waals surface area contributed by atoms with E-state index in [9.17, 15) is 27.9 Å². The van der Waals surface area contributed by atoms with E-state index in [1.807, 2.05) is 0 Å². The van der Waals surface area contributed by atoms with Gasteiger partial charge in [-0.1, -0.05) is 13.8 Å². The molecule has 174 valence electrons. The summed E-state index contributed by atoms with van der Waals surface area (Å²) in [5.41, 5.74) is -0.366. The van der Waals surface area contributed by atoms with Crippen LogP contribution in [0.1, 0.15) is 35.3 Å². The van der Waals surface area contributed by atoms with Gasteiger partial charge in [0.15, 0.2) is 0 Å². The molecule has 0 heterocycles. The number of aliphatic hydroxyl groups is 1. The quantitative estimate of drug-likeness (QED) is 0.464. The molecule has 2 rings (SSSR count). The largest absolute Gasteiger partial charge is 0.416 e. The van der Waals surface area contributed by atoms with E-state index in [-0.39, 0.29) is 17.2 Å². The molecule has 10 heteroatoms. The molecule has 0 aliphatic carbocycles. The predicted octanol–water partition coefficient (Wildman–Crippen LogP) is 3.91. The molecule has 7 nitrogen and oxygen atoms in total. The number of hydrogen-bond donors (Lipinski definition) is 4. The molecule has 4 N–H and O–H groups in total. The molecule has 2 aromatic carbocycles. The van der Waals surface area contributed by atoms with E-state index < -0.39 is 24.4 Å². The normalized spacial score (nSPS) is 11.3. The van der Waals surface area contributed by atoms with Gasteiger partial charge in [0.2, 0.25) is 0 Å². The molecule has 0 saturated heterocycles. The second-order valence-corrected chi connectivity index (χ2v) is 6.97. The Balaban J connectivity index is 1.92. The molecule has 0 fully saturated rings. The van der Waals surface area contributed by atoms with Crippen LogP contribution in [-0.2, 0) is 12.8 Å². The van der Waals surface area contributed by atoms with Gasteiger partial charge in [-0.05, 0) is 61.1 Å². The van der Waals surface area contributed by atoms with Crippen molar-refractivity contribution >= 4 is 23.3 Å². The number of likely N-dealkylation sites (N-methyl/N-ethyl adjacent to an activating group) is 1. The summed E-state index contributed by atoms with van der Waals surface area (Å²) in [7, 11) is 0. The lowest BCUT2D eigenvalue weighted by molar-refractivity contribution is -0.138. The highest BCUT2D eigenvalue weighted by molar-refractivity contribution is 6.00. The fourth-order valence-electron chi connectivity index (χ4n) is 3.05. The van der Waals surface area contributed by atoms with Gasteiger partial charge >= 0.3 is 12.2 Å². The number of hydrogen-bond acceptors (Lipinski definition) is 4. The van der Waals surface area contributed by atoms with Crippen LogP contribution in [0.15, 0.2) is 42.5 Å². The molecular formula is C22H27F3N4O3. The maximum atomic E-state index is 12.9. The number of amides is 3. The van der Waals surface area contributed by atoms with Crippen LogP contribution in [-0.4, -0.2) is 48.1 Å². The van der Waals surface area contributed by atoms with Crippen molar-refractivity contribution < 1.29 is 27.9 Å². The van der Waals surface area contributed by atoms with Crippen LogP contribution in [0, 0.1) is 0 Å². The average Bonchev–Trinajstić information content (AvgIpc) is 2.76. The molecule has 3 amide bonds. The van der Waals surface area contributed by atoms with Gasteiger partial charge < -0.3 is 26.0 Å². The maximum absolute atomic E-state index is 12.9. The number of aliphatic hydroxyl groups excluding tert-OH is 1. The Hall–Kier alpha value is -3.11. The summed E-state index contributed by atoms with van der Waals surface area (Å²) in [4.78, 5) is 26.5. The smallest absolute Gasteiger partial charge is 0.392 e. The van der Waals surface area contributed by atoms with Crippen LogP contribution >= 0.6 is 0 Å². The monoisotopic (exact) mass is 452 g/mol. The second-order valence-electron chi connectivity index (χ2n) is 6.97. The van der Waals surface area contributed by atoms with Crippen LogP contribution in [0.25, 0.3) is 0 Å². The van der Waals surface area contributed by atoms with Crippen molar-refractivity contribution in [3.05, 3.63) is 59.2 Å². The molecule has 0 atom stereocenters. The summed E-state index contributed by atoms with van der Waals surface area (Å²) in [6.07, 6.45) is -4.60. The number of anilines is 2. The third-order valence-electron chi connectivity index (χ3n) is 4.85. The van der Waals surface area contributed by atoms with E-state index in [1.165, 1.54) is 0 Å². The number of halogens is 3. The first-order chi connectivity index (χ1) is 15.2. The molecule has 0 bridgehead atoms. The fraction of sp³-hybridized carbons (Fsp3) is 0.364. The van der Waals surface area contributed by atoms with Gasteiger partial charge in [0.05, 0.1) is 12.2 Å². The van der Waals surface area contributed by atoms with Crippen molar-refractivity contribution in [1.29, 1.82) is 0 Å². The van der Waals surface area contributed by atoms with Crippen LogP contribution in [0.2, 0.25) is 0 Å². The van der Waals surface area contributed by atoms with Gasteiger partial charge in [0.1, 0.15) is 0 Å². The van der Waals surface area contributed by atoms with E-state index in [0.29, 0.717) is 17.8 Å². The summed E-state index contributed by atoms with van der Waals surface area (Å²) in [6, 6.07) is 8.51. The molecule has 0 aromatic heterocycles. The molecule has 32 heavy (non-hydrogen) atoms. The summed E-state index contributed by atoms with van der Waals surface area (Å²) in [5.74, 6) is -0.227. The van der Waals surface area contributed by atoms with Gasteiger partial charge in [-0.2, -0.15) is 13.2 Å². The Morgan fingerprint density at radius 3 is 2.12 bits per heavy atom. The summed E-state index contributed by atoms with van der Waals surface area (Å²) < 4.78 is 38.7. The average molecular weight is 452 g/mol. The Kier molecular flexibility index (Phi) is 9.03. The van der Waals surface area contributed by atoms with Gasteiger partial charge in [-0.25, -0.2) is 4.79 Å². The second kappa shape index (κ2) is 11.5. The minimum absolute atomic E-state index is 0.101. The third kappa shape index (κ3) is 7.24. The topological polar surface area (TPSA) is 93.7 Å². The number of nitrogens with one attached hydrogen (secondary N) is 3. The van der Waals surface area contributed by atoms with E-state index in [0.717, 1.165) is 37.8 Å².